The molecule has 7 heteroatoms. The number of hydrogen-bond acceptors (Lipinski definition) is 4. The summed E-state index contributed by atoms with van der Waals surface area (Å²) in [6.45, 7) is 0.671. The first kappa shape index (κ1) is 18.0. The molecule has 0 aliphatic heterocycles. The summed E-state index contributed by atoms with van der Waals surface area (Å²) in [5.74, 6) is -0.228. The lowest BCUT2D eigenvalue weighted by molar-refractivity contribution is 0.102. The molecule has 2 N–H and O–H groups in total. The smallest absolute Gasteiger partial charge is 0.255 e. The number of aryl methyl sites for hydroxylation is 1. The van der Waals surface area contributed by atoms with E-state index in [1.807, 2.05) is 55.6 Å². The van der Waals surface area contributed by atoms with Crippen molar-refractivity contribution < 1.29 is 4.79 Å². The second-order valence-electron chi connectivity index (χ2n) is 6.40. The van der Waals surface area contributed by atoms with Crippen LogP contribution >= 0.6 is 11.6 Å². The van der Waals surface area contributed by atoms with Crippen LogP contribution in [0, 0.1) is 0 Å². The second kappa shape index (κ2) is 7.70. The van der Waals surface area contributed by atoms with Crippen LogP contribution in [-0.4, -0.2) is 20.9 Å². The van der Waals surface area contributed by atoms with E-state index in [4.69, 9.17) is 11.6 Å². The van der Waals surface area contributed by atoms with Gasteiger partial charge in [0, 0.05) is 24.8 Å². The first-order valence-corrected chi connectivity index (χ1v) is 9.16. The Morgan fingerprint density at radius 3 is 2.68 bits per heavy atom. The van der Waals surface area contributed by atoms with Crippen LogP contribution in [0.15, 0.2) is 66.7 Å². The molecule has 1 amide bonds. The first-order chi connectivity index (χ1) is 13.6. The van der Waals surface area contributed by atoms with Crippen molar-refractivity contribution in [1.29, 1.82) is 0 Å². The Morgan fingerprint density at radius 2 is 1.89 bits per heavy atom. The minimum atomic E-state index is -0.228. The van der Waals surface area contributed by atoms with Crippen molar-refractivity contribution in [1.82, 2.24) is 15.0 Å². The van der Waals surface area contributed by atoms with E-state index in [-0.39, 0.29) is 5.91 Å². The number of fused-ring (bicyclic) bond motifs is 1. The van der Waals surface area contributed by atoms with Crippen molar-refractivity contribution in [2.45, 2.75) is 6.54 Å². The third kappa shape index (κ3) is 3.82. The van der Waals surface area contributed by atoms with E-state index in [1.54, 1.807) is 22.9 Å². The van der Waals surface area contributed by atoms with Gasteiger partial charge in [-0.05, 0) is 42.0 Å². The summed E-state index contributed by atoms with van der Waals surface area (Å²) in [7, 11) is 1.81. The third-order valence-corrected chi connectivity index (χ3v) is 4.74. The molecule has 4 rings (SSSR count). The number of benzene rings is 3. The quantitative estimate of drug-likeness (QED) is 0.526. The molecule has 6 nitrogen and oxygen atoms in total. The number of rotatable bonds is 5. The average Bonchev–Trinajstić information content (AvgIpc) is 3.08. The Bertz CT molecular complexity index is 1140. The first-order valence-electron chi connectivity index (χ1n) is 8.78. The van der Waals surface area contributed by atoms with E-state index in [1.165, 1.54) is 0 Å². The highest BCUT2D eigenvalue weighted by Gasteiger charge is 2.10. The van der Waals surface area contributed by atoms with Gasteiger partial charge in [-0.15, -0.1) is 5.10 Å². The predicted octanol–water partition coefficient (Wildman–Crippen LogP) is 4.49. The Hall–Kier alpha value is -3.38. The van der Waals surface area contributed by atoms with Crippen molar-refractivity contribution in [2.24, 2.45) is 7.05 Å². The summed E-state index contributed by atoms with van der Waals surface area (Å²) in [6, 6.07) is 20.8. The van der Waals surface area contributed by atoms with E-state index in [2.05, 4.69) is 20.9 Å². The van der Waals surface area contributed by atoms with Gasteiger partial charge in [0.15, 0.2) is 0 Å². The SMILES string of the molecule is Cn1nnc2cc(C(=O)Nc3ccc(NCc4ccccc4)c(Cl)c3)ccc21. The van der Waals surface area contributed by atoms with Gasteiger partial charge in [0.05, 0.1) is 16.2 Å². The van der Waals surface area contributed by atoms with Gasteiger partial charge in [-0.25, -0.2) is 4.68 Å². The van der Waals surface area contributed by atoms with E-state index in [0.717, 1.165) is 16.8 Å². The number of halogens is 1. The highest BCUT2D eigenvalue weighted by Crippen LogP contribution is 2.26. The van der Waals surface area contributed by atoms with E-state index < -0.39 is 0 Å². The molecule has 140 valence electrons. The van der Waals surface area contributed by atoms with Crippen LogP contribution in [0.4, 0.5) is 11.4 Å². The zero-order valence-corrected chi connectivity index (χ0v) is 15.9. The van der Waals surface area contributed by atoms with Gasteiger partial charge in [0.1, 0.15) is 5.52 Å². The summed E-state index contributed by atoms with van der Waals surface area (Å²) < 4.78 is 1.66. The van der Waals surface area contributed by atoms with Crippen molar-refractivity contribution in [2.75, 3.05) is 10.6 Å². The zero-order chi connectivity index (χ0) is 19.5. The number of aromatic nitrogens is 3. The van der Waals surface area contributed by atoms with Crippen LogP contribution in [0.25, 0.3) is 11.0 Å². The number of hydrogen-bond donors (Lipinski definition) is 2. The maximum atomic E-state index is 12.5. The summed E-state index contributed by atoms with van der Waals surface area (Å²) in [4.78, 5) is 12.5. The molecule has 0 radical (unpaired) electrons. The van der Waals surface area contributed by atoms with Gasteiger partial charge in [-0.2, -0.15) is 0 Å². The molecule has 0 bridgehead atoms. The normalized spacial score (nSPS) is 10.8. The maximum Gasteiger partial charge on any atom is 0.255 e. The molecule has 0 unspecified atom stereocenters. The van der Waals surface area contributed by atoms with Crippen molar-refractivity contribution in [3.05, 3.63) is 82.9 Å². The van der Waals surface area contributed by atoms with Crippen LogP contribution in [0.3, 0.4) is 0 Å². The fourth-order valence-corrected chi connectivity index (χ4v) is 3.16. The number of carbonyl (C=O) groups is 1. The van der Waals surface area contributed by atoms with Crippen LogP contribution in [-0.2, 0) is 13.6 Å². The minimum Gasteiger partial charge on any atom is -0.380 e. The summed E-state index contributed by atoms with van der Waals surface area (Å²) >= 11 is 6.37. The molecule has 0 spiro atoms. The lowest BCUT2D eigenvalue weighted by Gasteiger charge is -2.11. The van der Waals surface area contributed by atoms with Crippen molar-refractivity contribution >= 4 is 39.9 Å². The van der Waals surface area contributed by atoms with E-state index >= 15 is 0 Å². The zero-order valence-electron chi connectivity index (χ0n) is 15.2. The summed E-state index contributed by atoms with van der Waals surface area (Å²) in [5, 5.41) is 14.7. The van der Waals surface area contributed by atoms with Gasteiger partial charge < -0.3 is 10.6 Å². The Labute approximate surface area is 167 Å². The number of nitrogens with one attached hydrogen (secondary N) is 2. The van der Waals surface area contributed by atoms with Gasteiger partial charge in [-0.3, -0.25) is 4.79 Å². The Morgan fingerprint density at radius 1 is 1.07 bits per heavy atom. The standard InChI is InChI=1S/C21H18ClN5O/c1-27-20-10-7-15(11-19(20)25-26-27)21(28)24-16-8-9-18(17(22)12-16)23-13-14-5-3-2-4-6-14/h2-12,23H,13H2,1H3,(H,24,28). The Kier molecular flexibility index (Phi) is 4.95. The minimum absolute atomic E-state index is 0.228. The highest BCUT2D eigenvalue weighted by molar-refractivity contribution is 6.33. The van der Waals surface area contributed by atoms with Gasteiger partial charge in [0.25, 0.3) is 5.91 Å². The van der Waals surface area contributed by atoms with E-state index in [9.17, 15) is 4.79 Å². The van der Waals surface area contributed by atoms with Crippen LogP contribution < -0.4 is 10.6 Å². The molecular formula is C21H18ClN5O. The molecule has 0 saturated carbocycles. The Balaban J connectivity index is 1.45. The lowest BCUT2D eigenvalue weighted by atomic mass is 10.1. The summed E-state index contributed by atoms with van der Waals surface area (Å²) in [6.07, 6.45) is 0. The van der Waals surface area contributed by atoms with Crippen LogP contribution in [0.1, 0.15) is 15.9 Å². The van der Waals surface area contributed by atoms with E-state index in [0.29, 0.717) is 28.3 Å². The van der Waals surface area contributed by atoms with Crippen LogP contribution in [0.5, 0.6) is 0 Å². The molecule has 4 aromatic rings. The van der Waals surface area contributed by atoms with Crippen molar-refractivity contribution in [3.63, 3.8) is 0 Å². The second-order valence-corrected chi connectivity index (χ2v) is 6.81. The average molecular weight is 392 g/mol. The molecule has 1 heterocycles. The monoisotopic (exact) mass is 391 g/mol. The van der Waals surface area contributed by atoms with Crippen LogP contribution in [0.2, 0.25) is 5.02 Å². The third-order valence-electron chi connectivity index (χ3n) is 4.43. The molecular weight excluding hydrogens is 374 g/mol. The molecule has 1 aromatic heterocycles. The molecule has 28 heavy (non-hydrogen) atoms. The fourth-order valence-electron chi connectivity index (χ4n) is 2.91. The molecule has 0 fully saturated rings. The largest absolute Gasteiger partial charge is 0.380 e. The highest BCUT2D eigenvalue weighted by atomic mass is 35.5. The lowest BCUT2D eigenvalue weighted by Crippen LogP contribution is -2.12. The molecule has 0 atom stereocenters. The predicted molar refractivity (Wildman–Crippen MR) is 112 cm³/mol. The fraction of sp³-hybridized carbons (Fsp3) is 0.0952. The van der Waals surface area contributed by atoms with Gasteiger partial charge >= 0.3 is 0 Å². The molecule has 0 aliphatic carbocycles. The topological polar surface area (TPSA) is 71.8 Å². The molecule has 0 saturated heterocycles. The number of carbonyl (C=O) groups excluding carboxylic acids is 1. The summed E-state index contributed by atoms with van der Waals surface area (Å²) in [5.41, 5.74) is 4.65. The molecule has 3 aromatic carbocycles. The number of amides is 1. The number of anilines is 2. The molecule has 0 aliphatic rings. The van der Waals surface area contributed by atoms with Crippen molar-refractivity contribution in [3.8, 4) is 0 Å². The van der Waals surface area contributed by atoms with Gasteiger partial charge in [0.2, 0.25) is 0 Å². The van der Waals surface area contributed by atoms with Gasteiger partial charge in [-0.1, -0.05) is 47.1 Å². The number of nitrogens with zero attached hydrogens (tertiary/aromatic N) is 3. The maximum absolute atomic E-state index is 12.5.